The summed E-state index contributed by atoms with van der Waals surface area (Å²) in [6.07, 6.45) is 4.06. The maximum absolute atomic E-state index is 13.2. The van der Waals surface area contributed by atoms with E-state index in [-0.39, 0.29) is 24.3 Å². The molecule has 0 bridgehead atoms. The fourth-order valence-corrected chi connectivity index (χ4v) is 5.74. The van der Waals surface area contributed by atoms with Crippen LogP contribution < -0.4 is 10.6 Å². The average molecular weight is 477 g/mol. The Morgan fingerprint density at radius 1 is 1.00 bits per heavy atom. The number of carboxylic acid groups (broad SMARTS) is 1. The Bertz CT molecular complexity index is 1100. The van der Waals surface area contributed by atoms with Gasteiger partial charge in [0.1, 0.15) is 12.6 Å². The summed E-state index contributed by atoms with van der Waals surface area (Å²) in [5.74, 6) is -1.34. The molecule has 0 aliphatic heterocycles. The van der Waals surface area contributed by atoms with Crippen LogP contribution in [-0.2, 0) is 14.3 Å². The van der Waals surface area contributed by atoms with Gasteiger partial charge >= 0.3 is 12.1 Å². The maximum atomic E-state index is 13.2. The highest BCUT2D eigenvalue weighted by Crippen LogP contribution is 2.44. The molecular weight excluding hydrogens is 444 g/mol. The first-order valence-electron chi connectivity index (χ1n) is 12.5. The Labute approximate surface area is 205 Å². The largest absolute Gasteiger partial charge is 0.480 e. The van der Waals surface area contributed by atoms with Crippen molar-refractivity contribution in [3.63, 3.8) is 0 Å². The van der Waals surface area contributed by atoms with Crippen LogP contribution in [0.5, 0.6) is 0 Å². The number of hydrogen-bond acceptors (Lipinski definition) is 4. The number of aliphatic carboxylic acids is 1. The van der Waals surface area contributed by atoms with Crippen molar-refractivity contribution in [3.8, 4) is 11.1 Å². The van der Waals surface area contributed by atoms with E-state index in [1.807, 2.05) is 31.2 Å². The molecule has 3 N–H and O–H groups in total. The number of nitrogens with one attached hydrogen (secondary N) is 2. The Morgan fingerprint density at radius 2 is 1.63 bits per heavy atom. The van der Waals surface area contributed by atoms with E-state index >= 15 is 0 Å². The molecule has 7 nitrogen and oxygen atoms in total. The monoisotopic (exact) mass is 476 g/mol. The summed E-state index contributed by atoms with van der Waals surface area (Å²) in [4.78, 5) is 37.8. The molecule has 0 aromatic heterocycles. The van der Waals surface area contributed by atoms with E-state index in [4.69, 9.17) is 4.74 Å². The molecule has 3 aliphatic carbocycles. The first-order chi connectivity index (χ1) is 16.9. The maximum Gasteiger partial charge on any atom is 0.407 e. The SMILES string of the molecule is CC1(C(=O)NC(C(=O)O)C2CC2)CCCCC1NC(=O)OCC1c2ccccc2-c2ccccc21. The molecule has 2 aromatic carbocycles. The highest BCUT2D eigenvalue weighted by Gasteiger charge is 2.47. The number of alkyl carbamates (subject to hydrolysis) is 1. The standard InChI is InChI=1S/C28H32N2O5/c1-28(26(33)30-24(25(31)32)17-13-14-17)15-7-6-12-23(28)29-27(34)35-16-22-20-10-4-2-8-18(20)19-9-3-5-11-21(19)22/h2-5,8-11,17,22-24H,6-7,12-16H2,1H3,(H,29,34)(H,30,33)(H,31,32). The first kappa shape index (κ1) is 23.4. The third kappa shape index (κ3) is 4.51. The molecule has 0 radical (unpaired) electrons. The quantitative estimate of drug-likeness (QED) is 0.548. The van der Waals surface area contributed by atoms with Gasteiger partial charge in [-0.15, -0.1) is 0 Å². The molecule has 35 heavy (non-hydrogen) atoms. The van der Waals surface area contributed by atoms with Gasteiger partial charge in [0.25, 0.3) is 0 Å². The molecule has 2 fully saturated rings. The fourth-order valence-electron chi connectivity index (χ4n) is 5.74. The summed E-state index contributed by atoms with van der Waals surface area (Å²) in [6, 6.07) is 15.1. The molecule has 2 saturated carbocycles. The summed E-state index contributed by atoms with van der Waals surface area (Å²) >= 11 is 0. The predicted octanol–water partition coefficient (Wildman–Crippen LogP) is 4.45. The van der Waals surface area contributed by atoms with Gasteiger partial charge < -0.3 is 20.5 Å². The minimum Gasteiger partial charge on any atom is -0.480 e. The Balaban J connectivity index is 1.25. The lowest BCUT2D eigenvalue weighted by molar-refractivity contribution is -0.145. The van der Waals surface area contributed by atoms with Crippen LogP contribution in [0.1, 0.15) is 62.5 Å². The van der Waals surface area contributed by atoms with E-state index in [9.17, 15) is 19.5 Å². The van der Waals surface area contributed by atoms with Crippen molar-refractivity contribution in [2.24, 2.45) is 11.3 Å². The van der Waals surface area contributed by atoms with Crippen LogP contribution >= 0.6 is 0 Å². The van der Waals surface area contributed by atoms with Crippen molar-refractivity contribution < 1.29 is 24.2 Å². The van der Waals surface area contributed by atoms with Crippen molar-refractivity contribution in [1.29, 1.82) is 0 Å². The van der Waals surface area contributed by atoms with Crippen LogP contribution in [0.25, 0.3) is 11.1 Å². The van der Waals surface area contributed by atoms with Gasteiger partial charge in [-0.05, 0) is 60.8 Å². The third-order valence-electron chi connectivity index (χ3n) is 8.01. The summed E-state index contributed by atoms with van der Waals surface area (Å²) < 4.78 is 5.71. The molecule has 184 valence electrons. The molecule has 3 unspecified atom stereocenters. The first-order valence-corrected chi connectivity index (χ1v) is 12.5. The smallest absolute Gasteiger partial charge is 0.407 e. The van der Waals surface area contributed by atoms with E-state index in [2.05, 4.69) is 34.9 Å². The number of carbonyl (C=O) groups is 3. The van der Waals surface area contributed by atoms with E-state index in [1.165, 1.54) is 0 Å². The van der Waals surface area contributed by atoms with E-state index in [1.54, 1.807) is 0 Å². The van der Waals surface area contributed by atoms with Crippen molar-refractivity contribution >= 4 is 18.0 Å². The van der Waals surface area contributed by atoms with Gasteiger partial charge in [0.15, 0.2) is 0 Å². The van der Waals surface area contributed by atoms with Crippen LogP contribution in [0.2, 0.25) is 0 Å². The number of rotatable bonds is 7. The lowest BCUT2D eigenvalue weighted by Gasteiger charge is -2.40. The second-order valence-electron chi connectivity index (χ2n) is 10.3. The Hall–Kier alpha value is -3.35. The van der Waals surface area contributed by atoms with Gasteiger partial charge in [0.2, 0.25) is 5.91 Å². The minimum absolute atomic E-state index is 0.00261. The van der Waals surface area contributed by atoms with E-state index < -0.39 is 29.6 Å². The summed E-state index contributed by atoms with van der Waals surface area (Å²) in [6.45, 7) is 2.03. The highest BCUT2D eigenvalue weighted by molar-refractivity contribution is 5.88. The van der Waals surface area contributed by atoms with Gasteiger partial charge in [-0.25, -0.2) is 9.59 Å². The lowest BCUT2D eigenvalue weighted by atomic mass is 9.71. The number of ether oxygens (including phenoxy) is 1. The molecule has 5 rings (SSSR count). The summed E-state index contributed by atoms with van der Waals surface area (Å²) in [5, 5.41) is 15.2. The number of amides is 2. The molecule has 0 saturated heterocycles. The van der Waals surface area contributed by atoms with Crippen LogP contribution in [0.15, 0.2) is 48.5 Å². The van der Waals surface area contributed by atoms with Crippen molar-refractivity contribution in [2.45, 2.75) is 63.5 Å². The summed E-state index contributed by atoms with van der Waals surface area (Å²) in [7, 11) is 0. The topological polar surface area (TPSA) is 105 Å². The number of fused-ring (bicyclic) bond motifs is 3. The van der Waals surface area contributed by atoms with Gasteiger partial charge in [-0.1, -0.05) is 61.4 Å². The average Bonchev–Trinajstić information content (AvgIpc) is 3.64. The molecular formula is C28H32N2O5. The van der Waals surface area contributed by atoms with Gasteiger partial charge in [0, 0.05) is 12.0 Å². The molecule has 3 aliphatic rings. The van der Waals surface area contributed by atoms with Crippen molar-refractivity contribution in [1.82, 2.24) is 10.6 Å². The zero-order valence-electron chi connectivity index (χ0n) is 20.0. The Morgan fingerprint density at radius 3 is 2.23 bits per heavy atom. The number of carbonyl (C=O) groups excluding carboxylic acids is 2. The summed E-state index contributed by atoms with van der Waals surface area (Å²) in [5.41, 5.74) is 3.73. The molecule has 7 heteroatoms. The zero-order chi connectivity index (χ0) is 24.6. The molecule has 2 amide bonds. The second-order valence-corrected chi connectivity index (χ2v) is 10.3. The van der Waals surface area contributed by atoms with Crippen molar-refractivity contribution in [3.05, 3.63) is 59.7 Å². The third-order valence-corrected chi connectivity index (χ3v) is 8.01. The normalized spacial score (nSPS) is 24.1. The highest BCUT2D eigenvalue weighted by atomic mass is 16.5. The predicted molar refractivity (Wildman–Crippen MR) is 131 cm³/mol. The van der Waals surface area contributed by atoms with E-state index in [0.717, 1.165) is 47.9 Å². The second kappa shape index (κ2) is 9.36. The zero-order valence-corrected chi connectivity index (χ0v) is 20.0. The molecule has 2 aromatic rings. The van der Waals surface area contributed by atoms with Crippen LogP contribution in [-0.4, -0.2) is 41.8 Å². The van der Waals surface area contributed by atoms with E-state index in [0.29, 0.717) is 12.8 Å². The fraction of sp³-hybridized carbons (Fsp3) is 0.464. The number of hydrogen-bond donors (Lipinski definition) is 3. The van der Waals surface area contributed by atoms with Gasteiger partial charge in [-0.3, -0.25) is 4.79 Å². The molecule has 0 heterocycles. The Kier molecular flexibility index (Phi) is 6.26. The van der Waals surface area contributed by atoms with Crippen molar-refractivity contribution in [2.75, 3.05) is 6.61 Å². The van der Waals surface area contributed by atoms with Gasteiger partial charge in [-0.2, -0.15) is 0 Å². The minimum atomic E-state index is -0.999. The number of carboxylic acids is 1. The molecule has 0 spiro atoms. The number of benzene rings is 2. The van der Waals surface area contributed by atoms with Crippen LogP contribution in [0.4, 0.5) is 4.79 Å². The lowest BCUT2D eigenvalue weighted by Crippen LogP contribution is -2.58. The molecule has 3 atom stereocenters. The van der Waals surface area contributed by atoms with Gasteiger partial charge in [0.05, 0.1) is 5.41 Å². The van der Waals surface area contributed by atoms with Crippen LogP contribution in [0.3, 0.4) is 0 Å². The van der Waals surface area contributed by atoms with Crippen LogP contribution in [0, 0.1) is 11.3 Å².